The van der Waals surface area contributed by atoms with Crippen LogP contribution in [0.3, 0.4) is 0 Å². The summed E-state index contributed by atoms with van der Waals surface area (Å²) in [6, 6.07) is 9.62. The number of unbranched alkanes of at least 4 members (excludes halogenated alkanes) is 2. The number of aryl methyl sites for hydroxylation is 6. The van der Waals surface area contributed by atoms with E-state index in [0.29, 0.717) is 5.92 Å². The van der Waals surface area contributed by atoms with Gasteiger partial charge in [-0.05, 0) is 92.5 Å². The van der Waals surface area contributed by atoms with Crippen molar-refractivity contribution in [2.45, 2.75) is 80.1 Å². The highest BCUT2D eigenvalue weighted by atomic mass is 14.2. The lowest BCUT2D eigenvalue weighted by Gasteiger charge is -2.24. The molecule has 0 fully saturated rings. The molecular weight excluding hydrogens is 288 g/mol. The molecule has 0 N–H and O–H groups in total. The third-order valence-electron chi connectivity index (χ3n) is 5.61. The van der Waals surface area contributed by atoms with Crippen LogP contribution in [0.4, 0.5) is 0 Å². The molecule has 0 bridgehead atoms. The van der Waals surface area contributed by atoms with E-state index in [1.54, 1.807) is 0 Å². The van der Waals surface area contributed by atoms with Crippen molar-refractivity contribution in [2.75, 3.05) is 0 Å². The standard InChI is InChI=1S/C24H34/c1-8-9-10-11-22(23-14-18(4)16(2)12-20(23)6)24-15-19(5)17(3)13-21(24)7/h12-15,22H,8-11H2,1-7H3. The Kier molecular flexibility index (Phi) is 6.27. The highest BCUT2D eigenvalue weighted by Crippen LogP contribution is 2.36. The molecule has 2 aromatic rings. The molecule has 0 heteroatoms. The van der Waals surface area contributed by atoms with Gasteiger partial charge in [0.1, 0.15) is 0 Å². The first-order valence-corrected chi connectivity index (χ1v) is 9.50. The molecule has 0 atom stereocenters. The van der Waals surface area contributed by atoms with Gasteiger partial charge in [0.2, 0.25) is 0 Å². The molecule has 0 amide bonds. The summed E-state index contributed by atoms with van der Waals surface area (Å²) in [5.41, 5.74) is 11.6. The normalized spacial score (nSPS) is 11.3. The van der Waals surface area contributed by atoms with Crippen molar-refractivity contribution >= 4 is 0 Å². The second-order valence-corrected chi connectivity index (χ2v) is 7.63. The SMILES string of the molecule is CCCCCC(c1cc(C)c(C)cc1C)c1cc(C)c(C)cc1C. The fourth-order valence-electron chi connectivity index (χ4n) is 3.79. The van der Waals surface area contributed by atoms with Crippen molar-refractivity contribution in [1.82, 2.24) is 0 Å². The molecule has 2 rings (SSSR count). The van der Waals surface area contributed by atoms with Crippen molar-refractivity contribution in [3.63, 3.8) is 0 Å². The quantitative estimate of drug-likeness (QED) is 0.491. The molecule has 24 heavy (non-hydrogen) atoms. The molecular formula is C24H34. The van der Waals surface area contributed by atoms with E-state index < -0.39 is 0 Å². The molecule has 0 nitrogen and oxygen atoms in total. The van der Waals surface area contributed by atoms with Gasteiger partial charge in [0.05, 0.1) is 0 Å². The van der Waals surface area contributed by atoms with Gasteiger partial charge >= 0.3 is 0 Å². The van der Waals surface area contributed by atoms with Crippen LogP contribution in [0.5, 0.6) is 0 Å². The Bertz CT molecular complexity index is 649. The Balaban J connectivity index is 2.53. The van der Waals surface area contributed by atoms with Gasteiger partial charge in [-0.25, -0.2) is 0 Å². The molecule has 0 saturated carbocycles. The Morgan fingerprint density at radius 2 is 1.00 bits per heavy atom. The summed E-state index contributed by atoms with van der Waals surface area (Å²) in [6.45, 7) is 15.8. The number of rotatable bonds is 6. The first-order valence-electron chi connectivity index (χ1n) is 9.50. The number of hydrogen-bond donors (Lipinski definition) is 0. The van der Waals surface area contributed by atoms with Crippen LogP contribution < -0.4 is 0 Å². The molecule has 130 valence electrons. The smallest absolute Gasteiger partial charge is 0.00947 e. The Labute approximate surface area is 149 Å². The average molecular weight is 323 g/mol. The van der Waals surface area contributed by atoms with Crippen molar-refractivity contribution in [3.8, 4) is 0 Å². The highest BCUT2D eigenvalue weighted by Gasteiger charge is 2.19. The van der Waals surface area contributed by atoms with Gasteiger partial charge in [-0.1, -0.05) is 50.5 Å². The van der Waals surface area contributed by atoms with Crippen LogP contribution in [0.1, 0.15) is 83.0 Å². The van der Waals surface area contributed by atoms with Gasteiger partial charge in [0, 0.05) is 5.92 Å². The Morgan fingerprint density at radius 3 is 1.42 bits per heavy atom. The van der Waals surface area contributed by atoms with E-state index in [0.717, 1.165) is 0 Å². The van der Waals surface area contributed by atoms with E-state index in [-0.39, 0.29) is 0 Å². The monoisotopic (exact) mass is 322 g/mol. The van der Waals surface area contributed by atoms with E-state index in [1.165, 1.54) is 70.2 Å². The lowest BCUT2D eigenvalue weighted by molar-refractivity contribution is 0.614. The molecule has 0 radical (unpaired) electrons. The summed E-state index contributed by atoms with van der Waals surface area (Å²) in [5.74, 6) is 0.523. The van der Waals surface area contributed by atoms with Crippen LogP contribution in [0.2, 0.25) is 0 Å². The lowest BCUT2D eigenvalue weighted by Crippen LogP contribution is -2.08. The average Bonchev–Trinajstić information content (AvgIpc) is 2.52. The lowest BCUT2D eigenvalue weighted by atomic mass is 9.80. The maximum atomic E-state index is 2.44. The number of hydrogen-bond acceptors (Lipinski definition) is 0. The minimum absolute atomic E-state index is 0.523. The van der Waals surface area contributed by atoms with Gasteiger partial charge in [-0.3, -0.25) is 0 Å². The van der Waals surface area contributed by atoms with Gasteiger partial charge in [-0.15, -0.1) is 0 Å². The van der Waals surface area contributed by atoms with Crippen LogP contribution in [0.15, 0.2) is 24.3 Å². The van der Waals surface area contributed by atoms with E-state index in [9.17, 15) is 0 Å². The second-order valence-electron chi connectivity index (χ2n) is 7.63. The van der Waals surface area contributed by atoms with Crippen molar-refractivity contribution < 1.29 is 0 Å². The zero-order chi connectivity index (χ0) is 17.9. The fourth-order valence-corrected chi connectivity index (χ4v) is 3.79. The van der Waals surface area contributed by atoms with Crippen LogP contribution in [-0.2, 0) is 0 Å². The maximum Gasteiger partial charge on any atom is 0.00947 e. The topological polar surface area (TPSA) is 0 Å². The molecule has 0 saturated heterocycles. The summed E-state index contributed by atoms with van der Waals surface area (Å²) >= 11 is 0. The van der Waals surface area contributed by atoms with Crippen LogP contribution >= 0.6 is 0 Å². The molecule has 0 unspecified atom stereocenters. The largest absolute Gasteiger partial charge is 0.0654 e. The van der Waals surface area contributed by atoms with Gasteiger partial charge in [-0.2, -0.15) is 0 Å². The summed E-state index contributed by atoms with van der Waals surface area (Å²) in [4.78, 5) is 0. The number of benzene rings is 2. The fraction of sp³-hybridized carbons (Fsp3) is 0.500. The van der Waals surface area contributed by atoms with E-state index in [2.05, 4.69) is 72.7 Å². The van der Waals surface area contributed by atoms with E-state index >= 15 is 0 Å². The van der Waals surface area contributed by atoms with Gasteiger partial charge in [0.25, 0.3) is 0 Å². The first-order chi connectivity index (χ1) is 11.3. The maximum absolute atomic E-state index is 2.44. The molecule has 0 heterocycles. The summed E-state index contributed by atoms with van der Waals surface area (Å²) in [7, 11) is 0. The molecule has 0 aliphatic heterocycles. The van der Waals surface area contributed by atoms with E-state index in [1.807, 2.05) is 0 Å². The van der Waals surface area contributed by atoms with Crippen LogP contribution in [0.25, 0.3) is 0 Å². The Morgan fingerprint density at radius 1 is 0.583 bits per heavy atom. The molecule has 0 aliphatic rings. The first kappa shape index (κ1) is 18.8. The van der Waals surface area contributed by atoms with Gasteiger partial charge in [0.15, 0.2) is 0 Å². The predicted octanol–water partition coefficient (Wildman–Crippen LogP) is 7.25. The van der Waals surface area contributed by atoms with Crippen molar-refractivity contribution in [2.24, 2.45) is 0 Å². The third-order valence-corrected chi connectivity index (χ3v) is 5.61. The zero-order valence-electron chi connectivity index (χ0n) is 16.7. The third kappa shape index (κ3) is 4.09. The summed E-state index contributed by atoms with van der Waals surface area (Å²) < 4.78 is 0. The van der Waals surface area contributed by atoms with E-state index in [4.69, 9.17) is 0 Å². The molecule has 0 aromatic heterocycles. The minimum Gasteiger partial charge on any atom is -0.0654 e. The van der Waals surface area contributed by atoms with Crippen molar-refractivity contribution in [3.05, 3.63) is 68.8 Å². The summed E-state index contributed by atoms with van der Waals surface area (Å²) in [6.07, 6.45) is 5.16. The van der Waals surface area contributed by atoms with Crippen LogP contribution in [0, 0.1) is 41.5 Å². The molecule has 0 aliphatic carbocycles. The van der Waals surface area contributed by atoms with Crippen LogP contribution in [-0.4, -0.2) is 0 Å². The minimum atomic E-state index is 0.523. The predicted molar refractivity (Wildman–Crippen MR) is 107 cm³/mol. The van der Waals surface area contributed by atoms with Crippen molar-refractivity contribution in [1.29, 1.82) is 0 Å². The zero-order valence-corrected chi connectivity index (χ0v) is 16.7. The molecule has 0 spiro atoms. The second kappa shape index (κ2) is 8.01. The van der Waals surface area contributed by atoms with Gasteiger partial charge < -0.3 is 0 Å². The molecule has 2 aromatic carbocycles. The highest BCUT2D eigenvalue weighted by molar-refractivity contribution is 5.47. The Hall–Kier alpha value is -1.56. The summed E-state index contributed by atoms with van der Waals surface area (Å²) in [5, 5.41) is 0.